The molecule has 0 amide bonds. The SMILES string of the molecule is Cc1cc(Nc2nn(-c3ccc(C(C)C)cc3)c(=O)c3ccccc23)n[nH]1. The molecule has 0 atom stereocenters. The number of fused-ring (bicyclic) bond motifs is 1. The van der Waals surface area contributed by atoms with Crippen LogP contribution in [0.5, 0.6) is 0 Å². The van der Waals surface area contributed by atoms with Gasteiger partial charge in [0, 0.05) is 17.1 Å². The molecule has 0 aliphatic rings. The van der Waals surface area contributed by atoms with E-state index in [9.17, 15) is 4.79 Å². The second kappa shape index (κ2) is 6.72. The summed E-state index contributed by atoms with van der Waals surface area (Å²) in [6.45, 7) is 6.22. The van der Waals surface area contributed by atoms with E-state index in [4.69, 9.17) is 0 Å². The Kier molecular flexibility index (Phi) is 4.24. The number of anilines is 2. The zero-order valence-corrected chi connectivity index (χ0v) is 15.5. The third-order valence-corrected chi connectivity index (χ3v) is 4.56. The van der Waals surface area contributed by atoms with Gasteiger partial charge in [-0.2, -0.15) is 9.78 Å². The van der Waals surface area contributed by atoms with Crippen LogP contribution in [0.4, 0.5) is 11.6 Å². The number of nitrogens with one attached hydrogen (secondary N) is 2. The van der Waals surface area contributed by atoms with Crippen molar-refractivity contribution in [2.24, 2.45) is 0 Å². The molecule has 0 saturated heterocycles. The van der Waals surface area contributed by atoms with E-state index in [-0.39, 0.29) is 5.56 Å². The molecular weight excluding hydrogens is 338 g/mol. The van der Waals surface area contributed by atoms with Crippen LogP contribution in [0.3, 0.4) is 0 Å². The molecule has 0 saturated carbocycles. The van der Waals surface area contributed by atoms with Crippen molar-refractivity contribution in [2.45, 2.75) is 26.7 Å². The molecule has 27 heavy (non-hydrogen) atoms. The fraction of sp³-hybridized carbons (Fsp3) is 0.190. The molecule has 0 unspecified atom stereocenters. The minimum Gasteiger partial charge on any atom is -0.321 e. The van der Waals surface area contributed by atoms with E-state index in [1.165, 1.54) is 10.2 Å². The zero-order valence-electron chi connectivity index (χ0n) is 15.5. The van der Waals surface area contributed by atoms with E-state index < -0.39 is 0 Å². The van der Waals surface area contributed by atoms with E-state index in [2.05, 4.69) is 34.5 Å². The fourth-order valence-electron chi connectivity index (χ4n) is 3.06. The molecule has 2 N–H and O–H groups in total. The standard InChI is InChI=1S/C21H21N5O/c1-13(2)15-8-10-16(11-9-15)26-21(27)18-7-5-4-6-17(18)20(25-26)22-19-12-14(3)23-24-19/h4-13H,1-3H3,(H2,22,23,24,25). The first kappa shape index (κ1) is 17.0. The lowest BCUT2D eigenvalue weighted by Gasteiger charge is -2.12. The summed E-state index contributed by atoms with van der Waals surface area (Å²) in [6, 6.07) is 17.3. The lowest BCUT2D eigenvalue weighted by atomic mass is 10.0. The van der Waals surface area contributed by atoms with Crippen LogP contribution < -0.4 is 10.9 Å². The van der Waals surface area contributed by atoms with Gasteiger partial charge in [0.2, 0.25) is 0 Å². The number of benzene rings is 2. The summed E-state index contributed by atoms with van der Waals surface area (Å²) >= 11 is 0. The van der Waals surface area contributed by atoms with E-state index in [1.807, 2.05) is 61.5 Å². The van der Waals surface area contributed by atoms with Gasteiger partial charge in [-0.15, -0.1) is 5.10 Å². The van der Waals surface area contributed by atoms with Crippen molar-refractivity contribution in [3.05, 3.63) is 76.2 Å². The van der Waals surface area contributed by atoms with Gasteiger partial charge in [0.25, 0.3) is 5.56 Å². The Labute approximate surface area is 156 Å². The van der Waals surface area contributed by atoms with Gasteiger partial charge in [0.05, 0.1) is 11.1 Å². The zero-order chi connectivity index (χ0) is 19.0. The van der Waals surface area contributed by atoms with Crippen LogP contribution in [0.2, 0.25) is 0 Å². The number of hydrogen-bond acceptors (Lipinski definition) is 4. The molecule has 0 aliphatic carbocycles. The molecular formula is C21H21N5O. The normalized spacial score (nSPS) is 11.3. The van der Waals surface area contributed by atoms with Crippen LogP contribution in [0.25, 0.3) is 16.5 Å². The maximum atomic E-state index is 13.0. The number of hydrogen-bond donors (Lipinski definition) is 2. The molecule has 0 radical (unpaired) electrons. The van der Waals surface area contributed by atoms with Crippen molar-refractivity contribution < 1.29 is 0 Å². The first-order chi connectivity index (χ1) is 13.0. The Morgan fingerprint density at radius 3 is 2.37 bits per heavy atom. The molecule has 6 heteroatoms. The molecule has 0 bridgehead atoms. The molecule has 0 aliphatic heterocycles. The summed E-state index contributed by atoms with van der Waals surface area (Å²) < 4.78 is 1.44. The van der Waals surface area contributed by atoms with E-state index in [1.54, 1.807) is 0 Å². The lowest BCUT2D eigenvalue weighted by molar-refractivity contribution is 0.819. The topological polar surface area (TPSA) is 75.6 Å². The molecule has 0 fully saturated rings. The maximum absolute atomic E-state index is 13.0. The highest BCUT2D eigenvalue weighted by Gasteiger charge is 2.13. The van der Waals surface area contributed by atoms with Gasteiger partial charge in [-0.1, -0.05) is 44.2 Å². The van der Waals surface area contributed by atoms with Crippen molar-refractivity contribution in [3.8, 4) is 5.69 Å². The Morgan fingerprint density at radius 2 is 1.74 bits per heavy atom. The first-order valence-electron chi connectivity index (χ1n) is 8.94. The van der Waals surface area contributed by atoms with Gasteiger partial charge in [0.1, 0.15) is 0 Å². The first-order valence-corrected chi connectivity index (χ1v) is 8.94. The van der Waals surface area contributed by atoms with Gasteiger partial charge >= 0.3 is 0 Å². The van der Waals surface area contributed by atoms with Gasteiger partial charge in [-0.05, 0) is 36.6 Å². The van der Waals surface area contributed by atoms with Crippen LogP contribution >= 0.6 is 0 Å². The van der Waals surface area contributed by atoms with E-state index in [0.717, 1.165) is 16.8 Å². The number of aryl methyl sites for hydroxylation is 1. The molecule has 4 aromatic rings. The summed E-state index contributed by atoms with van der Waals surface area (Å²) in [4.78, 5) is 13.0. The Morgan fingerprint density at radius 1 is 1.04 bits per heavy atom. The van der Waals surface area contributed by atoms with Crippen molar-refractivity contribution >= 4 is 22.4 Å². The van der Waals surface area contributed by atoms with Gasteiger partial charge in [0.15, 0.2) is 11.6 Å². The maximum Gasteiger partial charge on any atom is 0.279 e. The van der Waals surface area contributed by atoms with Gasteiger partial charge < -0.3 is 5.32 Å². The van der Waals surface area contributed by atoms with Gasteiger partial charge in [-0.25, -0.2) is 0 Å². The smallest absolute Gasteiger partial charge is 0.279 e. The average molecular weight is 359 g/mol. The lowest BCUT2D eigenvalue weighted by Crippen LogP contribution is -2.22. The molecule has 6 nitrogen and oxygen atoms in total. The molecule has 4 rings (SSSR count). The minimum atomic E-state index is -0.147. The second-order valence-electron chi connectivity index (χ2n) is 6.92. The number of aromatic amines is 1. The summed E-state index contributed by atoms with van der Waals surface area (Å²) in [5, 5.41) is 16.3. The third kappa shape index (κ3) is 3.21. The van der Waals surface area contributed by atoms with Crippen LogP contribution in [-0.4, -0.2) is 20.0 Å². The monoisotopic (exact) mass is 359 g/mol. The highest BCUT2D eigenvalue weighted by atomic mass is 16.1. The fourth-order valence-corrected chi connectivity index (χ4v) is 3.06. The quantitative estimate of drug-likeness (QED) is 0.570. The van der Waals surface area contributed by atoms with Crippen molar-refractivity contribution in [2.75, 3.05) is 5.32 Å². The minimum absolute atomic E-state index is 0.147. The van der Waals surface area contributed by atoms with Crippen molar-refractivity contribution in [1.82, 2.24) is 20.0 Å². The Bertz CT molecular complexity index is 1160. The Balaban J connectivity index is 1.88. The summed E-state index contributed by atoms with van der Waals surface area (Å²) in [6.07, 6.45) is 0. The van der Waals surface area contributed by atoms with Crippen LogP contribution in [0.15, 0.2) is 59.4 Å². The predicted octanol–water partition coefficient (Wildman–Crippen LogP) is 4.28. The van der Waals surface area contributed by atoms with Crippen molar-refractivity contribution in [1.29, 1.82) is 0 Å². The highest BCUT2D eigenvalue weighted by Crippen LogP contribution is 2.23. The number of rotatable bonds is 4. The van der Waals surface area contributed by atoms with Gasteiger partial charge in [-0.3, -0.25) is 9.89 Å². The van der Waals surface area contributed by atoms with Crippen LogP contribution in [0, 0.1) is 6.92 Å². The van der Waals surface area contributed by atoms with Crippen LogP contribution in [0.1, 0.15) is 31.0 Å². The summed E-state index contributed by atoms with van der Waals surface area (Å²) in [7, 11) is 0. The highest BCUT2D eigenvalue weighted by molar-refractivity contribution is 5.92. The molecule has 0 spiro atoms. The number of H-pyrrole nitrogens is 1. The van der Waals surface area contributed by atoms with E-state index >= 15 is 0 Å². The molecule has 2 aromatic carbocycles. The largest absolute Gasteiger partial charge is 0.321 e. The predicted molar refractivity (Wildman–Crippen MR) is 108 cm³/mol. The molecule has 2 aromatic heterocycles. The van der Waals surface area contributed by atoms with Crippen LogP contribution in [-0.2, 0) is 0 Å². The third-order valence-electron chi connectivity index (χ3n) is 4.56. The Hall–Kier alpha value is -3.41. The van der Waals surface area contributed by atoms with Crippen molar-refractivity contribution in [3.63, 3.8) is 0 Å². The average Bonchev–Trinajstić information content (AvgIpc) is 3.09. The molecule has 136 valence electrons. The molecule has 2 heterocycles. The van der Waals surface area contributed by atoms with E-state index in [0.29, 0.717) is 22.9 Å². The number of aromatic nitrogens is 4. The number of nitrogens with zero attached hydrogens (tertiary/aromatic N) is 3. The summed E-state index contributed by atoms with van der Waals surface area (Å²) in [5.74, 6) is 1.68. The second-order valence-corrected chi connectivity index (χ2v) is 6.92. The summed E-state index contributed by atoms with van der Waals surface area (Å²) in [5.41, 5.74) is 2.75.